The van der Waals surface area contributed by atoms with E-state index in [1.807, 2.05) is 13.8 Å². The number of halogens is 1. The lowest BCUT2D eigenvalue weighted by atomic mass is 10.2. The minimum Gasteiger partial charge on any atom is -0.454 e. The molecule has 0 saturated heterocycles. The first-order chi connectivity index (χ1) is 11.4. The Morgan fingerprint density at radius 1 is 1.25 bits per heavy atom. The smallest absolute Gasteiger partial charge is 0.339 e. The van der Waals surface area contributed by atoms with Crippen molar-refractivity contribution in [3.63, 3.8) is 0 Å². The zero-order chi connectivity index (χ0) is 17.3. The highest BCUT2D eigenvalue weighted by atomic mass is 35.5. The molecule has 1 N–H and O–H groups in total. The summed E-state index contributed by atoms with van der Waals surface area (Å²) in [7, 11) is 0. The van der Waals surface area contributed by atoms with E-state index in [9.17, 15) is 9.59 Å². The molecule has 1 aliphatic heterocycles. The fourth-order valence-corrected chi connectivity index (χ4v) is 3.35. The molecule has 0 unspecified atom stereocenters. The Kier molecular flexibility index (Phi) is 4.64. The molecule has 6 nitrogen and oxygen atoms in total. The van der Waals surface area contributed by atoms with E-state index in [0.29, 0.717) is 27.8 Å². The van der Waals surface area contributed by atoms with Crippen molar-refractivity contribution in [1.29, 1.82) is 0 Å². The normalized spacial score (nSPS) is 12.1. The standard InChI is InChI=1S/C16H14ClNO5S/c1-8-3-10(9(2)24-8)16(20)21-6-15(19)18-12-5-14-13(4-11(12)17)22-7-23-14/h3-5H,6-7H2,1-2H3,(H,18,19). The second-order valence-corrected chi connectivity index (χ2v) is 7.00. The summed E-state index contributed by atoms with van der Waals surface area (Å²) in [6.45, 7) is 3.45. The summed E-state index contributed by atoms with van der Waals surface area (Å²) in [6, 6.07) is 4.87. The molecule has 8 heteroatoms. The first kappa shape index (κ1) is 16.6. The number of carbonyl (C=O) groups is 2. The average Bonchev–Trinajstić information content (AvgIpc) is 3.10. The van der Waals surface area contributed by atoms with Gasteiger partial charge in [0.15, 0.2) is 18.1 Å². The SMILES string of the molecule is Cc1cc(C(=O)OCC(=O)Nc2cc3c(cc2Cl)OCO3)c(C)s1. The van der Waals surface area contributed by atoms with Crippen LogP contribution in [0.2, 0.25) is 5.02 Å². The van der Waals surface area contributed by atoms with Gasteiger partial charge in [-0.15, -0.1) is 11.3 Å². The van der Waals surface area contributed by atoms with Crippen molar-refractivity contribution in [2.75, 3.05) is 18.7 Å². The molecule has 0 atom stereocenters. The van der Waals surface area contributed by atoms with Crippen LogP contribution in [0.5, 0.6) is 11.5 Å². The fraction of sp³-hybridized carbons (Fsp3) is 0.250. The molecule has 1 aromatic heterocycles. The maximum atomic E-state index is 12.0. The lowest BCUT2D eigenvalue weighted by Crippen LogP contribution is -2.21. The summed E-state index contributed by atoms with van der Waals surface area (Å²) in [5.74, 6) is 0.00120. The topological polar surface area (TPSA) is 73.9 Å². The number of thiophene rings is 1. The van der Waals surface area contributed by atoms with Gasteiger partial charge in [0.25, 0.3) is 5.91 Å². The van der Waals surface area contributed by atoms with Gasteiger partial charge in [0.2, 0.25) is 6.79 Å². The molecular weight excluding hydrogens is 354 g/mol. The molecule has 0 spiro atoms. The molecule has 0 bridgehead atoms. The third-order valence-electron chi connectivity index (χ3n) is 3.33. The molecule has 1 aliphatic rings. The molecule has 1 aromatic carbocycles. The Bertz CT molecular complexity index is 817. The van der Waals surface area contributed by atoms with Gasteiger partial charge >= 0.3 is 5.97 Å². The van der Waals surface area contributed by atoms with Gasteiger partial charge in [-0.2, -0.15) is 0 Å². The predicted molar refractivity (Wildman–Crippen MR) is 90.3 cm³/mol. The Morgan fingerprint density at radius 2 is 1.96 bits per heavy atom. The molecular formula is C16H14ClNO5S. The van der Waals surface area contributed by atoms with Gasteiger partial charge in [-0.05, 0) is 19.9 Å². The lowest BCUT2D eigenvalue weighted by Gasteiger charge is -2.09. The number of hydrogen-bond acceptors (Lipinski definition) is 6. The van der Waals surface area contributed by atoms with Gasteiger partial charge in [-0.1, -0.05) is 11.6 Å². The lowest BCUT2D eigenvalue weighted by molar-refractivity contribution is -0.119. The van der Waals surface area contributed by atoms with Crippen LogP contribution < -0.4 is 14.8 Å². The summed E-state index contributed by atoms with van der Waals surface area (Å²) >= 11 is 7.58. The number of ether oxygens (including phenoxy) is 3. The van der Waals surface area contributed by atoms with Crippen molar-refractivity contribution in [2.24, 2.45) is 0 Å². The van der Waals surface area contributed by atoms with Gasteiger partial charge in [0.1, 0.15) is 0 Å². The molecule has 0 aliphatic carbocycles. The van der Waals surface area contributed by atoms with Crippen LogP contribution in [0.1, 0.15) is 20.1 Å². The summed E-state index contributed by atoms with van der Waals surface area (Å²) in [6.07, 6.45) is 0. The van der Waals surface area contributed by atoms with Gasteiger partial charge in [-0.3, -0.25) is 4.79 Å². The highest BCUT2D eigenvalue weighted by molar-refractivity contribution is 7.12. The maximum absolute atomic E-state index is 12.0. The van der Waals surface area contributed by atoms with Crippen molar-refractivity contribution < 1.29 is 23.8 Å². The van der Waals surface area contributed by atoms with Crippen LogP contribution in [0.3, 0.4) is 0 Å². The molecule has 1 amide bonds. The zero-order valence-corrected chi connectivity index (χ0v) is 14.5. The van der Waals surface area contributed by atoms with Gasteiger partial charge < -0.3 is 19.5 Å². The van der Waals surface area contributed by atoms with Gasteiger partial charge in [0, 0.05) is 21.9 Å². The summed E-state index contributed by atoms with van der Waals surface area (Å²) in [4.78, 5) is 25.8. The maximum Gasteiger partial charge on any atom is 0.339 e. The van der Waals surface area contributed by atoms with E-state index in [4.69, 9.17) is 25.8 Å². The van der Waals surface area contributed by atoms with E-state index in [-0.39, 0.29) is 6.79 Å². The Hall–Kier alpha value is -2.25. The van der Waals surface area contributed by atoms with Crippen molar-refractivity contribution in [3.05, 3.63) is 38.5 Å². The van der Waals surface area contributed by atoms with Crippen LogP contribution in [0.4, 0.5) is 5.69 Å². The monoisotopic (exact) mass is 367 g/mol. The quantitative estimate of drug-likeness (QED) is 0.836. The van der Waals surface area contributed by atoms with Crippen LogP contribution in [0.25, 0.3) is 0 Å². The van der Waals surface area contributed by atoms with Crippen molar-refractivity contribution >= 4 is 40.5 Å². The van der Waals surface area contributed by atoms with Crippen LogP contribution in [-0.2, 0) is 9.53 Å². The van der Waals surface area contributed by atoms with E-state index in [1.54, 1.807) is 18.2 Å². The van der Waals surface area contributed by atoms with Gasteiger partial charge in [-0.25, -0.2) is 4.79 Å². The number of esters is 1. The second-order valence-electron chi connectivity index (χ2n) is 5.14. The van der Waals surface area contributed by atoms with Crippen LogP contribution in [0.15, 0.2) is 18.2 Å². The van der Waals surface area contributed by atoms with E-state index < -0.39 is 18.5 Å². The van der Waals surface area contributed by atoms with Crippen LogP contribution in [-0.4, -0.2) is 25.3 Å². The number of rotatable bonds is 4. The number of hydrogen-bond donors (Lipinski definition) is 1. The molecule has 126 valence electrons. The first-order valence-corrected chi connectivity index (χ1v) is 8.26. The third-order valence-corrected chi connectivity index (χ3v) is 4.61. The van der Waals surface area contributed by atoms with Crippen LogP contribution >= 0.6 is 22.9 Å². The highest BCUT2D eigenvalue weighted by Gasteiger charge is 2.19. The molecule has 0 fully saturated rings. The zero-order valence-electron chi connectivity index (χ0n) is 13.0. The Morgan fingerprint density at radius 3 is 2.62 bits per heavy atom. The number of nitrogens with one attached hydrogen (secondary N) is 1. The minimum atomic E-state index is -0.524. The number of benzene rings is 1. The van der Waals surface area contributed by atoms with E-state index in [1.165, 1.54) is 11.3 Å². The first-order valence-electron chi connectivity index (χ1n) is 7.07. The van der Waals surface area contributed by atoms with E-state index >= 15 is 0 Å². The van der Waals surface area contributed by atoms with E-state index in [0.717, 1.165) is 9.75 Å². The molecule has 0 saturated carbocycles. The Labute approximate surface area is 147 Å². The number of fused-ring (bicyclic) bond motifs is 1. The highest BCUT2D eigenvalue weighted by Crippen LogP contribution is 2.39. The fourth-order valence-electron chi connectivity index (χ4n) is 2.24. The summed E-state index contributed by atoms with van der Waals surface area (Å²) < 4.78 is 15.5. The summed E-state index contributed by atoms with van der Waals surface area (Å²) in [5.41, 5.74) is 0.843. The summed E-state index contributed by atoms with van der Waals surface area (Å²) in [5, 5.41) is 2.89. The van der Waals surface area contributed by atoms with Crippen molar-refractivity contribution in [2.45, 2.75) is 13.8 Å². The number of carbonyl (C=O) groups excluding carboxylic acids is 2. The van der Waals surface area contributed by atoms with Crippen LogP contribution in [0, 0.1) is 13.8 Å². The van der Waals surface area contributed by atoms with Crippen molar-refractivity contribution in [1.82, 2.24) is 0 Å². The molecule has 24 heavy (non-hydrogen) atoms. The largest absolute Gasteiger partial charge is 0.454 e. The average molecular weight is 368 g/mol. The number of anilines is 1. The molecule has 2 heterocycles. The number of amides is 1. The van der Waals surface area contributed by atoms with E-state index in [2.05, 4.69) is 5.32 Å². The third kappa shape index (κ3) is 3.47. The predicted octanol–water partition coefficient (Wildman–Crippen LogP) is 3.54. The molecule has 0 radical (unpaired) electrons. The molecule has 3 rings (SSSR count). The Balaban J connectivity index is 1.60. The van der Waals surface area contributed by atoms with Gasteiger partial charge in [0.05, 0.1) is 16.3 Å². The van der Waals surface area contributed by atoms with Crippen molar-refractivity contribution in [3.8, 4) is 11.5 Å². The minimum absolute atomic E-state index is 0.111. The number of aryl methyl sites for hydroxylation is 2. The molecule has 2 aromatic rings. The second kappa shape index (κ2) is 6.70.